The van der Waals surface area contributed by atoms with E-state index in [0.717, 1.165) is 15.4 Å². The lowest BCUT2D eigenvalue weighted by atomic mass is 10.1. The molecule has 10 heteroatoms. The number of hydrogen-bond acceptors (Lipinski definition) is 6. The van der Waals surface area contributed by atoms with Gasteiger partial charge in [0.05, 0.1) is 34.7 Å². The van der Waals surface area contributed by atoms with Gasteiger partial charge in [0.25, 0.3) is 5.91 Å². The van der Waals surface area contributed by atoms with Gasteiger partial charge in [0.1, 0.15) is 30.1 Å². The average Bonchev–Trinajstić information content (AvgIpc) is 3.19. The van der Waals surface area contributed by atoms with Gasteiger partial charge >= 0.3 is 6.09 Å². The fourth-order valence-corrected chi connectivity index (χ4v) is 4.77. The normalized spacial score (nSPS) is 15.2. The van der Waals surface area contributed by atoms with Crippen molar-refractivity contribution in [3.63, 3.8) is 0 Å². The van der Waals surface area contributed by atoms with Gasteiger partial charge in [-0.05, 0) is 63.2 Å². The Morgan fingerprint density at radius 1 is 1.15 bits per heavy atom. The first-order valence-corrected chi connectivity index (χ1v) is 13.1. The van der Waals surface area contributed by atoms with Crippen LogP contribution in [0.3, 0.4) is 0 Å². The van der Waals surface area contributed by atoms with Gasteiger partial charge < -0.3 is 19.7 Å². The molecule has 0 saturated carbocycles. The van der Waals surface area contributed by atoms with Crippen molar-refractivity contribution >= 4 is 44.5 Å². The number of carbonyl (C=O) groups excluding carboxylic acids is 2. The number of amides is 2. The van der Waals surface area contributed by atoms with E-state index in [1.165, 1.54) is 0 Å². The largest absolute Gasteiger partial charge is 0.489 e. The number of rotatable bonds is 4. The van der Waals surface area contributed by atoms with Crippen LogP contribution in [0.1, 0.15) is 32.0 Å². The van der Waals surface area contributed by atoms with Crippen LogP contribution < -0.4 is 15.0 Å². The third-order valence-corrected chi connectivity index (χ3v) is 6.59. The maximum atomic E-state index is 13.9. The van der Waals surface area contributed by atoms with Crippen molar-refractivity contribution < 1.29 is 19.1 Å². The van der Waals surface area contributed by atoms with E-state index in [-0.39, 0.29) is 19.1 Å². The van der Waals surface area contributed by atoms with Crippen molar-refractivity contribution in [2.75, 3.05) is 11.5 Å². The molecule has 1 aliphatic rings. The molecule has 0 radical (unpaired) electrons. The van der Waals surface area contributed by atoms with Crippen LogP contribution >= 0.6 is 15.9 Å². The van der Waals surface area contributed by atoms with Crippen molar-refractivity contribution in [1.29, 1.82) is 5.26 Å². The lowest BCUT2D eigenvalue weighted by molar-refractivity contribution is -0.121. The van der Waals surface area contributed by atoms with E-state index in [1.54, 1.807) is 54.6 Å². The standard InChI is InChI=1S/C29H26BrN5O4/c1-29(2,3)39-28(37)32-22-17-38-26-11-7-6-10-24(26)34(27(22)36)16-21-20-13-12-19(30)14-25(20)35(33-21)23-9-5-4-8-18(23)15-31/h4-14,22H,16-17H2,1-3H3,(H,32,37). The third-order valence-electron chi connectivity index (χ3n) is 6.10. The first kappa shape index (κ1) is 26.3. The van der Waals surface area contributed by atoms with Crippen LogP contribution in [0.25, 0.3) is 16.6 Å². The van der Waals surface area contributed by atoms with Crippen LogP contribution in [-0.4, -0.2) is 40.0 Å². The predicted molar refractivity (Wildman–Crippen MR) is 150 cm³/mol. The SMILES string of the molecule is CC(C)(C)OC(=O)NC1COc2ccccc2N(Cc2nn(-c3ccccc3C#N)c3cc(Br)ccc23)C1=O. The molecule has 0 bridgehead atoms. The highest BCUT2D eigenvalue weighted by Crippen LogP contribution is 2.34. The molecule has 2 amide bonds. The topological polar surface area (TPSA) is 109 Å². The Hall–Kier alpha value is -4.36. The smallest absolute Gasteiger partial charge is 0.408 e. The summed E-state index contributed by atoms with van der Waals surface area (Å²) in [5.74, 6) is 0.156. The van der Waals surface area contributed by atoms with E-state index in [1.807, 2.05) is 42.5 Å². The molecule has 0 spiro atoms. The van der Waals surface area contributed by atoms with Gasteiger partial charge in [-0.25, -0.2) is 9.48 Å². The molecule has 1 aromatic heterocycles. The zero-order valence-corrected chi connectivity index (χ0v) is 23.2. The Morgan fingerprint density at radius 3 is 2.62 bits per heavy atom. The van der Waals surface area contributed by atoms with Gasteiger partial charge in [-0.1, -0.05) is 40.2 Å². The Balaban J connectivity index is 1.57. The van der Waals surface area contributed by atoms with E-state index in [9.17, 15) is 14.9 Å². The van der Waals surface area contributed by atoms with Crippen molar-refractivity contribution in [3.05, 3.63) is 82.5 Å². The Labute approximate surface area is 234 Å². The van der Waals surface area contributed by atoms with Crippen LogP contribution in [0, 0.1) is 11.3 Å². The third kappa shape index (κ3) is 5.45. The second-order valence-electron chi connectivity index (χ2n) is 10.1. The second-order valence-corrected chi connectivity index (χ2v) is 11.0. The van der Waals surface area contributed by atoms with Crippen molar-refractivity contribution in [1.82, 2.24) is 15.1 Å². The molecule has 0 saturated heterocycles. The molecule has 4 aromatic rings. The molecule has 198 valence electrons. The first-order valence-electron chi connectivity index (χ1n) is 12.3. The van der Waals surface area contributed by atoms with Crippen molar-refractivity contribution in [2.24, 2.45) is 0 Å². The molecular weight excluding hydrogens is 562 g/mol. The van der Waals surface area contributed by atoms with Crippen LogP contribution in [0.5, 0.6) is 5.75 Å². The molecule has 0 aliphatic carbocycles. The van der Waals surface area contributed by atoms with Crippen molar-refractivity contribution in [3.8, 4) is 17.5 Å². The number of para-hydroxylation sites is 3. The number of halogens is 1. The predicted octanol–water partition coefficient (Wildman–Crippen LogP) is 5.48. The number of hydrogen-bond donors (Lipinski definition) is 1. The highest BCUT2D eigenvalue weighted by molar-refractivity contribution is 9.10. The number of anilines is 1. The second kappa shape index (κ2) is 10.4. The summed E-state index contributed by atoms with van der Waals surface area (Å²) < 4.78 is 13.9. The summed E-state index contributed by atoms with van der Waals surface area (Å²) in [6, 6.07) is 21.4. The van der Waals surface area contributed by atoms with Gasteiger partial charge in [-0.15, -0.1) is 0 Å². The quantitative estimate of drug-likeness (QED) is 0.338. The molecule has 0 fully saturated rings. The Morgan fingerprint density at radius 2 is 1.87 bits per heavy atom. The molecule has 39 heavy (non-hydrogen) atoms. The number of nitriles is 1. The summed E-state index contributed by atoms with van der Waals surface area (Å²) in [5, 5.41) is 18.1. The maximum absolute atomic E-state index is 13.9. The van der Waals surface area contributed by atoms with Crippen LogP contribution in [0.2, 0.25) is 0 Å². The number of nitrogens with zero attached hydrogens (tertiary/aromatic N) is 4. The van der Waals surface area contributed by atoms with Crippen LogP contribution in [0.4, 0.5) is 10.5 Å². The minimum Gasteiger partial charge on any atom is -0.489 e. The maximum Gasteiger partial charge on any atom is 0.408 e. The first-order chi connectivity index (χ1) is 18.6. The van der Waals surface area contributed by atoms with E-state index in [2.05, 4.69) is 27.3 Å². The molecule has 1 unspecified atom stereocenters. The summed E-state index contributed by atoms with van der Waals surface area (Å²) in [4.78, 5) is 28.0. The summed E-state index contributed by atoms with van der Waals surface area (Å²) in [6.45, 7) is 5.31. The van der Waals surface area contributed by atoms with E-state index in [4.69, 9.17) is 14.6 Å². The molecule has 9 nitrogen and oxygen atoms in total. The molecular formula is C29H26BrN5O4. The van der Waals surface area contributed by atoms with Gasteiger partial charge in [0.2, 0.25) is 0 Å². The van der Waals surface area contributed by atoms with E-state index in [0.29, 0.717) is 28.4 Å². The lowest BCUT2D eigenvalue weighted by Crippen LogP contribution is -2.51. The molecule has 1 aliphatic heterocycles. The van der Waals surface area contributed by atoms with E-state index < -0.39 is 17.7 Å². The Bertz CT molecular complexity index is 1620. The number of benzene rings is 3. The fraction of sp³-hybridized carbons (Fsp3) is 0.241. The highest BCUT2D eigenvalue weighted by Gasteiger charge is 2.34. The van der Waals surface area contributed by atoms with Gasteiger partial charge in [-0.3, -0.25) is 4.79 Å². The number of nitrogens with one attached hydrogen (secondary N) is 1. The van der Waals surface area contributed by atoms with Crippen LogP contribution in [0.15, 0.2) is 71.2 Å². The molecule has 1 atom stereocenters. The summed E-state index contributed by atoms with van der Waals surface area (Å²) in [5.41, 5.74) is 2.34. The number of fused-ring (bicyclic) bond motifs is 2. The monoisotopic (exact) mass is 587 g/mol. The number of aromatic nitrogens is 2. The summed E-state index contributed by atoms with van der Waals surface area (Å²) >= 11 is 3.54. The summed E-state index contributed by atoms with van der Waals surface area (Å²) in [6.07, 6.45) is -0.706. The number of carbonyl (C=O) groups is 2. The van der Waals surface area contributed by atoms with E-state index >= 15 is 0 Å². The number of ether oxygens (including phenoxy) is 2. The highest BCUT2D eigenvalue weighted by atomic mass is 79.9. The minimum atomic E-state index is -0.978. The summed E-state index contributed by atoms with van der Waals surface area (Å²) in [7, 11) is 0. The lowest BCUT2D eigenvalue weighted by Gasteiger charge is -2.25. The molecule has 3 aromatic carbocycles. The molecule has 1 N–H and O–H groups in total. The van der Waals surface area contributed by atoms with Gasteiger partial charge in [0, 0.05) is 9.86 Å². The minimum absolute atomic E-state index is 0.0523. The number of alkyl carbamates (subject to hydrolysis) is 1. The van der Waals surface area contributed by atoms with Gasteiger partial charge in [-0.2, -0.15) is 10.4 Å². The fourth-order valence-electron chi connectivity index (χ4n) is 4.43. The molecule has 2 heterocycles. The van der Waals surface area contributed by atoms with Crippen molar-refractivity contribution in [2.45, 2.75) is 39.0 Å². The molecule has 5 rings (SSSR count). The Kier molecular flexibility index (Phi) is 7.02. The zero-order valence-electron chi connectivity index (χ0n) is 21.6. The van der Waals surface area contributed by atoms with Crippen LogP contribution in [-0.2, 0) is 16.1 Å². The average molecular weight is 588 g/mol. The van der Waals surface area contributed by atoms with Gasteiger partial charge in [0.15, 0.2) is 0 Å². The zero-order chi connectivity index (χ0) is 27.7.